The first kappa shape index (κ1) is 23.0. The average Bonchev–Trinajstić information content (AvgIpc) is 2.53. The van der Waals surface area contributed by atoms with Crippen molar-refractivity contribution in [1.82, 2.24) is 0 Å². The molecular formula is C21H38O3. The lowest BCUT2D eigenvalue weighted by atomic mass is 10.00. The number of hydrogen-bond acceptors (Lipinski definition) is 3. The molecule has 0 heterocycles. The van der Waals surface area contributed by atoms with Crippen LogP contribution in [-0.4, -0.2) is 17.3 Å². The molecule has 0 bridgehead atoms. The van der Waals surface area contributed by atoms with Gasteiger partial charge in [0.1, 0.15) is 17.3 Å². The highest BCUT2D eigenvalue weighted by Crippen LogP contribution is 2.13. The lowest BCUT2D eigenvalue weighted by Gasteiger charge is -2.05. The van der Waals surface area contributed by atoms with Gasteiger partial charge in [-0.1, -0.05) is 66.2 Å². The first-order valence-electron chi connectivity index (χ1n) is 9.91. The van der Waals surface area contributed by atoms with Crippen molar-refractivity contribution in [3.8, 4) is 0 Å². The van der Waals surface area contributed by atoms with Gasteiger partial charge in [-0.3, -0.25) is 14.4 Å². The molecule has 0 fully saturated rings. The van der Waals surface area contributed by atoms with E-state index in [4.69, 9.17) is 0 Å². The van der Waals surface area contributed by atoms with Crippen molar-refractivity contribution in [2.45, 2.75) is 105 Å². The van der Waals surface area contributed by atoms with Crippen LogP contribution in [-0.2, 0) is 14.4 Å². The van der Waals surface area contributed by atoms with Gasteiger partial charge < -0.3 is 0 Å². The van der Waals surface area contributed by atoms with E-state index >= 15 is 0 Å². The van der Waals surface area contributed by atoms with Gasteiger partial charge in [-0.25, -0.2) is 0 Å². The molecule has 0 saturated heterocycles. The van der Waals surface area contributed by atoms with E-state index < -0.39 is 0 Å². The molecule has 0 unspecified atom stereocenters. The van der Waals surface area contributed by atoms with Gasteiger partial charge in [0, 0.05) is 37.5 Å². The number of Topliss-reactive ketones (excluding diaryl/α,β-unsaturated/α-hetero) is 3. The summed E-state index contributed by atoms with van der Waals surface area (Å²) in [5.74, 6) is 1.03. The summed E-state index contributed by atoms with van der Waals surface area (Å²) in [5, 5.41) is 0. The zero-order valence-corrected chi connectivity index (χ0v) is 16.4. The minimum Gasteiger partial charge on any atom is -0.300 e. The number of hydrogen-bond donors (Lipinski definition) is 0. The third-order valence-electron chi connectivity index (χ3n) is 4.57. The normalized spacial score (nSPS) is 11.2. The zero-order valence-electron chi connectivity index (χ0n) is 16.4. The maximum Gasteiger partial charge on any atom is 0.135 e. The van der Waals surface area contributed by atoms with Gasteiger partial charge >= 0.3 is 0 Å². The van der Waals surface area contributed by atoms with Crippen LogP contribution in [0.3, 0.4) is 0 Å². The van der Waals surface area contributed by atoms with Crippen LogP contribution < -0.4 is 0 Å². The Hall–Kier alpha value is -0.990. The van der Waals surface area contributed by atoms with E-state index in [0.29, 0.717) is 25.0 Å². The molecule has 3 heteroatoms. The van der Waals surface area contributed by atoms with Crippen LogP contribution in [0.15, 0.2) is 0 Å². The number of carbonyl (C=O) groups is 3. The fraction of sp³-hybridized carbons (Fsp3) is 0.857. The molecule has 0 rings (SSSR count). The lowest BCUT2D eigenvalue weighted by molar-refractivity contribution is -0.125. The van der Waals surface area contributed by atoms with Gasteiger partial charge in [-0.15, -0.1) is 0 Å². The molecule has 3 nitrogen and oxygen atoms in total. The third kappa shape index (κ3) is 13.4. The maximum atomic E-state index is 11.7. The molecule has 0 aromatic heterocycles. The standard InChI is InChI=1S/C21H38O3/c1-17(2)20(23)14-12-10-8-6-5-7-9-11-13-19(22)15-16-21(24)18(3)4/h17-18H,5-16H2,1-4H3. The van der Waals surface area contributed by atoms with Crippen molar-refractivity contribution in [2.24, 2.45) is 11.8 Å². The first-order chi connectivity index (χ1) is 11.3. The summed E-state index contributed by atoms with van der Waals surface area (Å²) < 4.78 is 0. The predicted octanol–water partition coefficient (Wildman–Crippen LogP) is 5.69. The second-order valence-corrected chi connectivity index (χ2v) is 7.61. The Kier molecular flexibility index (Phi) is 13.8. The van der Waals surface area contributed by atoms with E-state index in [1.807, 2.05) is 27.7 Å². The number of ketones is 3. The molecule has 0 aliphatic carbocycles. The van der Waals surface area contributed by atoms with Crippen LogP contribution in [0, 0.1) is 11.8 Å². The van der Waals surface area contributed by atoms with Crippen LogP contribution in [0.1, 0.15) is 105 Å². The largest absolute Gasteiger partial charge is 0.300 e. The molecule has 0 spiro atoms. The number of rotatable bonds is 16. The molecule has 0 aromatic carbocycles. The van der Waals surface area contributed by atoms with Gasteiger partial charge in [-0.2, -0.15) is 0 Å². The summed E-state index contributed by atoms with van der Waals surface area (Å²) in [6.45, 7) is 7.70. The fourth-order valence-corrected chi connectivity index (χ4v) is 2.65. The minimum absolute atomic E-state index is 0.0429. The second kappa shape index (κ2) is 14.4. The Bertz CT molecular complexity index is 369. The molecule has 0 saturated carbocycles. The highest BCUT2D eigenvalue weighted by Gasteiger charge is 2.10. The Balaban J connectivity index is 3.35. The van der Waals surface area contributed by atoms with Crippen LogP contribution in [0.2, 0.25) is 0 Å². The van der Waals surface area contributed by atoms with Crippen molar-refractivity contribution in [1.29, 1.82) is 0 Å². The van der Waals surface area contributed by atoms with Crippen molar-refractivity contribution < 1.29 is 14.4 Å². The monoisotopic (exact) mass is 338 g/mol. The highest BCUT2D eigenvalue weighted by atomic mass is 16.1. The van der Waals surface area contributed by atoms with Gasteiger partial charge in [0.25, 0.3) is 0 Å². The van der Waals surface area contributed by atoms with Gasteiger partial charge in [0.15, 0.2) is 0 Å². The highest BCUT2D eigenvalue weighted by molar-refractivity contribution is 5.86. The first-order valence-corrected chi connectivity index (χ1v) is 9.91. The van der Waals surface area contributed by atoms with E-state index in [1.165, 1.54) is 25.7 Å². The van der Waals surface area contributed by atoms with E-state index in [0.717, 1.165) is 32.1 Å². The molecular weight excluding hydrogens is 300 g/mol. The summed E-state index contributed by atoms with van der Waals surface area (Å²) in [6, 6.07) is 0. The third-order valence-corrected chi connectivity index (χ3v) is 4.57. The number of carbonyl (C=O) groups excluding carboxylic acids is 3. The lowest BCUT2D eigenvalue weighted by Crippen LogP contribution is -2.09. The molecule has 0 aliphatic rings. The topological polar surface area (TPSA) is 51.2 Å². The summed E-state index contributed by atoms with van der Waals surface area (Å²) in [5.41, 5.74) is 0. The number of unbranched alkanes of at least 4 members (excludes halogenated alkanes) is 7. The van der Waals surface area contributed by atoms with Crippen LogP contribution >= 0.6 is 0 Å². The minimum atomic E-state index is 0.0429. The van der Waals surface area contributed by atoms with E-state index in [1.54, 1.807) is 0 Å². The Labute approximate surface area is 149 Å². The smallest absolute Gasteiger partial charge is 0.135 e. The Morgan fingerprint density at radius 1 is 0.500 bits per heavy atom. The molecule has 0 aromatic rings. The quantitative estimate of drug-likeness (QED) is 0.340. The second-order valence-electron chi connectivity index (χ2n) is 7.61. The fourth-order valence-electron chi connectivity index (χ4n) is 2.65. The van der Waals surface area contributed by atoms with Crippen LogP contribution in [0.25, 0.3) is 0 Å². The zero-order chi connectivity index (χ0) is 18.4. The van der Waals surface area contributed by atoms with Gasteiger partial charge in [0.2, 0.25) is 0 Å². The van der Waals surface area contributed by atoms with Gasteiger partial charge in [-0.05, 0) is 12.8 Å². The molecule has 140 valence electrons. The summed E-state index contributed by atoms with van der Waals surface area (Å²) in [4.78, 5) is 34.6. The molecule has 0 N–H and O–H groups in total. The van der Waals surface area contributed by atoms with Crippen molar-refractivity contribution in [3.63, 3.8) is 0 Å². The average molecular weight is 339 g/mol. The summed E-state index contributed by atoms with van der Waals surface area (Å²) in [7, 11) is 0. The Morgan fingerprint density at radius 2 is 0.875 bits per heavy atom. The van der Waals surface area contributed by atoms with E-state index in [9.17, 15) is 14.4 Å². The van der Waals surface area contributed by atoms with E-state index in [2.05, 4.69) is 0 Å². The van der Waals surface area contributed by atoms with Crippen LogP contribution in [0.5, 0.6) is 0 Å². The summed E-state index contributed by atoms with van der Waals surface area (Å²) >= 11 is 0. The molecule has 0 atom stereocenters. The van der Waals surface area contributed by atoms with E-state index in [-0.39, 0.29) is 23.4 Å². The molecule has 0 aliphatic heterocycles. The van der Waals surface area contributed by atoms with Crippen molar-refractivity contribution in [2.75, 3.05) is 0 Å². The summed E-state index contributed by atoms with van der Waals surface area (Å²) in [6.07, 6.45) is 11.3. The predicted molar refractivity (Wildman–Crippen MR) is 100 cm³/mol. The van der Waals surface area contributed by atoms with Gasteiger partial charge in [0.05, 0.1) is 0 Å². The maximum absolute atomic E-state index is 11.7. The molecule has 24 heavy (non-hydrogen) atoms. The van der Waals surface area contributed by atoms with Crippen molar-refractivity contribution in [3.05, 3.63) is 0 Å². The molecule has 0 amide bonds. The van der Waals surface area contributed by atoms with Crippen molar-refractivity contribution >= 4 is 17.3 Å². The SMILES string of the molecule is CC(C)C(=O)CCCCCCCCCCC(=O)CCC(=O)C(C)C. The van der Waals surface area contributed by atoms with Crippen LogP contribution in [0.4, 0.5) is 0 Å². The Morgan fingerprint density at radius 3 is 1.33 bits per heavy atom. The molecule has 0 radical (unpaired) electrons.